The molecule has 2 N–H and O–H groups in total. The number of nitrogens with zero attached hydrogens (tertiary/aromatic N) is 1. The van der Waals surface area contributed by atoms with Gasteiger partial charge in [-0.1, -0.05) is 0 Å². The average molecular weight is 305 g/mol. The van der Waals surface area contributed by atoms with Gasteiger partial charge in [0.05, 0.1) is 12.6 Å². The lowest BCUT2D eigenvalue weighted by Gasteiger charge is -2.10. The van der Waals surface area contributed by atoms with Gasteiger partial charge in [0, 0.05) is 6.54 Å². The van der Waals surface area contributed by atoms with Crippen LogP contribution >= 0.6 is 11.3 Å². The van der Waals surface area contributed by atoms with Crippen LogP contribution in [-0.2, 0) is 14.8 Å². The first-order valence-corrected chi connectivity index (χ1v) is 8.13. The van der Waals surface area contributed by atoms with E-state index in [2.05, 4.69) is 19.8 Å². The van der Waals surface area contributed by atoms with Crippen LogP contribution in [0.25, 0.3) is 0 Å². The molecule has 0 spiro atoms. The average Bonchev–Trinajstić information content (AvgIpc) is 3.06. The molecule has 0 aromatic carbocycles. The van der Waals surface area contributed by atoms with Crippen molar-refractivity contribution in [2.24, 2.45) is 5.92 Å². The van der Waals surface area contributed by atoms with Crippen LogP contribution in [-0.4, -0.2) is 46.1 Å². The molecule has 1 fully saturated rings. The topological polar surface area (TPSA) is 97.4 Å². The Kier molecular flexibility index (Phi) is 4.50. The highest BCUT2D eigenvalue weighted by molar-refractivity contribution is 7.91. The Balaban J connectivity index is 2.10. The Morgan fingerprint density at radius 2 is 2.47 bits per heavy atom. The lowest BCUT2D eigenvalue weighted by atomic mass is 10.1. The number of methoxy groups -OCH3 is 1. The second kappa shape index (κ2) is 5.95. The Morgan fingerprint density at radius 3 is 3.11 bits per heavy atom. The highest BCUT2D eigenvalue weighted by Gasteiger charge is 2.27. The number of sulfonamides is 1. The summed E-state index contributed by atoms with van der Waals surface area (Å²) < 4.78 is 31.2. The van der Waals surface area contributed by atoms with Gasteiger partial charge in [0.15, 0.2) is 9.90 Å². The summed E-state index contributed by atoms with van der Waals surface area (Å²) in [4.78, 5) is 15.2. The number of esters is 1. The molecular formula is C10H15N3O4S2. The number of hydrogen-bond acceptors (Lipinski definition) is 7. The maximum absolute atomic E-state index is 12.1. The molecule has 0 amide bonds. The van der Waals surface area contributed by atoms with Gasteiger partial charge in [0.1, 0.15) is 0 Å². The van der Waals surface area contributed by atoms with E-state index in [1.54, 1.807) is 0 Å². The maximum atomic E-state index is 12.1. The second-order valence-corrected chi connectivity index (χ2v) is 7.01. The summed E-state index contributed by atoms with van der Waals surface area (Å²) in [5.74, 6) is -0.464. The van der Waals surface area contributed by atoms with Crippen molar-refractivity contribution in [2.75, 3.05) is 26.7 Å². The number of aromatic nitrogens is 1. The monoisotopic (exact) mass is 305 g/mol. The van der Waals surface area contributed by atoms with Gasteiger partial charge in [-0.05, 0) is 25.4 Å². The number of thiazole rings is 1. The van der Waals surface area contributed by atoms with E-state index in [4.69, 9.17) is 0 Å². The van der Waals surface area contributed by atoms with Gasteiger partial charge >= 0.3 is 5.97 Å². The number of carbonyl (C=O) groups excluding carboxylic acids is 1. The Hall–Kier alpha value is -1.03. The fourth-order valence-corrected chi connectivity index (χ4v) is 4.13. The van der Waals surface area contributed by atoms with Gasteiger partial charge in [0.25, 0.3) is 10.0 Å². The molecule has 1 aliphatic heterocycles. The highest BCUT2D eigenvalue weighted by atomic mass is 32.2. The Morgan fingerprint density at radius 1 is 1.68 bits per heavy atom. The van der Waals surface area contributed by atoms with Crippen LogP contribution in [0.15, 0.2) is 9.72 Å². The van der Waals surface area contributed by atoms with Crippen molar-refractivity contribution in [3.8, 4) is 0 Å². The number of carbonyl (C=O) groups is 1. The number of hydrogen-bond donors (Lipinski definition) is 2. The van der Waals surface area contributed by atoms with Crippen molar-refractivity contribution in [3.05, 3.63) is 11.2 Å². The lowest BCUT2D eigenvalue weighted by Crippen LogP contribution is -2.30. The van der Waals surface area contributed by atoms with Gasteiger partial charge < -0.3 is 10.1 Å². The fraction of sp³-hybridized carbons (Fsp3) is 0.600. The quantitative estimate of drug-likeness (QED) is 0.732. The molecule has 1 aromatic heterocycles. The van der Waals surface area contributed by atoms with Gasteiger partial charge in [0.2, 0.25) is 0 Å². The van der Waals surface area contributed by atoms with Crippen molar-refractivity contribution in [1.29, 1.82) is 0 Å². The molecule has 19 heavy (non-hydrogen) atoms. The van der Waals surface area contributed by atoms with Crippen LogP contribution in [0.4, 0.5) is 0 Å². The standard InChI is InChI=1S/C10H15N3O4S2/c1-17-9(14)8-10(18-6-12-8)19(15,16)13-5-7-2-3-11-4-7/h6-7,11,13H,2-5H2,1H3. The van der Waals surface area contributed by atoms with Crippen molar-refractivity contribution in [3.63, 3.8) is 0 Å². The zero-order valence-electron chi connectivity index (χ0n) is 10.4. The highest BCUT2D eigenvalue weighted by Crippen LogP contribution is 2.21. The summed E-state index contributed by atoms with van der Waals surface area (Å²) in [5.41, 5.74) is 1.15. The lowest BCUT2D eigenvalue weighted by molar-refractivity contribution is 0.0590. The van der Waals surface area contributed by atoms with Crippen molar-refractivity contribution >= 4 is 27.3 Å². The van der Waals surface area contributed by atoms with E-state index < -0.39 is 16.0 Å². The number of ether oxygens (including phenoxy) is 1. The number of rotatable bonds is 5. The molecule has 0 aliphatic carbocycles. The molecule has 1 saturated heterocycles. The molecule has 1 atom stereocenters. The first-order chi connectivity index (χ1) is 9.04. The minimum Gasteiger partial charge on any atom is -0.464 e. The molecule has 7 nitrogen and oxygen atoms in total. The van der Waals surface area contributed by atoms with Crippen LogP contribution in [0.5, 0.6) is 0 Å². The first-order valence-electron chi connectivity index (χ1n) is 5.77. The molecule has 2 heterocycles. The van der Waals surface area contributed by atoms with E-state index in [0.717, 1.165) is 30.8 Å². The summed E-state index contributed by atoms with van der Waals surface area (Å²) in [6, 6.07) is 0. The zero-order valence-corrected chi connectivity index (χ0v) is 12.0. The molecule has 1 aromatic rings. The number of nitrogens with one attached hydrogen (secondary N) is 2. The molecule has 9 heteroatoms. The SMILES string of the molecule is COC(=O)c1ncsc1S(=O)(=O)NCC1CCNC1. The van der Waals surface area contributed by atoms with Crippen molar-refractivity contribution in [1.82, 2.24) is 15.0 Å². The van der Waals surface area contributed by atoms with Crippen LogP contribution in [0.3, 0.4) is 0 Å². The molecule has 106 valence electrons. The third-order valence-corrected chi connectivity index (χ3v) is 5.68. The smallest absolute Gasteiger partial charge is 0.358 e. The second-order valence-electron chi connectivity index (χ2n) is 4.19. The van der Waals surface area contributed by atoms with Crippen molar-refractivity contribution in [2.45, 2.75) is 10.6 Å². The predicted molar refractivity (Wildman–Crippen MR) is 69.6 cm³/mol. The van der Waals surface area contributed by atoms with Gasteiger partial charge in [-0.15, -0.1) is 11.3 Å². The van der Waals surface area contributed by atoms with Gasteiger partial charge in [-0.25, -0.2) is 22.9 Å². The van der Waals surface area contributed by atoms with E-state index in [1.807, 2.05) is 0 Å². The fourth-order valence-electron chi connectivity index (χ4n) is 1.84. The van der Waals surface area contributed by atoms with E-state index in [1.165, 1.54) is 12.6 Å². The zero-order chi connectivity index (χ0) is 13.9. The molecule has 2 rings (SSSR count). The maximum Gasteiger partial charge on any atom is 0.358 e. The van der Waals surface area contributed by atoms with Crippen LogP contribution in [0.1, 0.15) is 16.9 Å². The first kappa shape index (κ1) is 14.4. The van der Waals surface area contributed by atoms with Crippen LogP contribution in [0, 0.1) is 5.92 Å². The summed E-state index contributed by atoms with van der Waals surface area (Å²) >= 11 is 0.905. The molecule has 0 saturated carbocycles. The third kappa shape index (κ3) is 3.30. The third-order valence-electron chi connectivity index (χ3n) is 2.88. The van der Waals surface area contributed by atoms with Crippen LogP contribution < -0.4 is 10.0 Å². The summed E-state index contributed by atoms with van der Waals surface area (Å²) in [7, 11) is -2.52. The molecule has 1 aliphatic rings. The van der Waals surface area contributed by atoms with Gasteiger partial charge in [-0.3, -0.25) is 0 Å². The van der Waals surface area contributed by atoms with E-state index in [0.29, 0.717) is 6.54 Å². The Bertz CT molecular complexity index is 549. The molecule has 1 unspecified atom stereocenters. The summed E-state index contributed by atoms with van der Waals surface area (Å²) in [6.45, 7) is 2.06. The summed E-state index contributed by atoms with van der Waals surface area (Å²) in [6.07, 6.45) is 0.940. The molecule has 0 bridgehead atoms. The van der Waals surface area contributed by atoms with E-state index >= 15 is 0 Å². The van der Waals surface area contributed by atoms with E-state index in [9.17, 15) is 13.2 Å². The van der Waals surface area contributed by atoms with Crippen molar-refractivity contribution < 1.29 is 17.9 Å². The van der Waals surface area contributed by atoms with E-state index in [-0.39, 0.29) is 15.8 Å². The minimum atomic E-state index is -3.71. The molecular weight excluding hydrogens is 290 g/mol. The summed E-state index contributed by atoms with van der Waals surface area (Å²) in [5, 5.41) is 3.16. The normalized spacial score (nSPS) is 19.5. The van der Waals surface area contributed by atoms with Crippen LogP contribution in [0.2, 0.25) is 0 Å². The predicted octanol–water partition coefficient (Wildman–Crippen LogP) is -0.183. The minimum absolute atomic E-state index is 0.0923. The van der Waals surface area contributed by atoms with Gasteiger partial charge in [-0.2, -0.15) is 0 Å². The Labute approximate surface area is 115 Å². The molecule has 0 radical (unpaired) electrons. The largest absolute Gasteiger partial charge is 0.464 e.